The number of aliphatic hydroxyl groups excluding tert-OH is 1. The van der Waals surface area contributed by atoms with Crippen molar-refractivity contribution >= 4 is 15.9 Å². The lowest BCUT2D eigenvalue weighted by Crippen LogP contribution is -2.46. The standard InChI is InChI=1S/C13H19BrFNO2/c1-13(5-6-17,9-18-2)16-8-10-3-4-11(14)12(15)7-10/h3-4,7,16-17H,5-6,8-9H2,1-2H3. The average molecular weight is 320 g/mol. The number of methoxy groups -OCH3 is 1. The topological polar surface area (TPSA) is 41.5 Å². The third-order valence-corrected chi connectivity index (χ3v) is 3.47. The highest BCUT2D eigenvalue weighted by Crippen LogP contribution is 2.17. The summed E-state index contributed by atoms with van der Waals surface area (Å²) in [6.45, 7) is 3.08. The Hall–Kier alpha value is -0.490. The van der Waals surface area contributed by atoms with Crippen molar-refractivity contribution in [2.45, 2.75) is 25.4 Å². The van der Waals surface area contributed by atoms with Gasteiger partial charge >= 0.3 is 0 Å². The summed E-state index contributed by atoms with van der Waals surface area (Å²) in [6, 6.07) is 5.03. The minimum absolute atomic E-state index is 0.0849. The molecule has 18 heavy (non-hydrogen) atoms. The van der Waals surface area contributed by atoms with Crippen LogP contribution in [0.4, 0.5) is 4.39 Å². The Labute approximate surface area is 115 Å². The highest BCUT2D eigenvalue weighted by Gasteiger charge is 2.22. The van der Waals surface area contributed by atoms with E-state index in [4.69, 9.17) is 9.84 Å². The van der Waals surface area contributed by atoms with Gasteiger partial charge in [0.15, 0.2) is 0 Å². The second kappa shape index (κ2) is 7.19. The van der Waals surface area contributed by atoms with Crippen molar-refractivity contribution in [1.82, 2.24) is 5.32 Å². The fraction of sp³-hybridized carbons (Fsp3) is 0.538. The minimum atomic E-state index is -0.312. The Morgan fingerprint density at radius 2 is 2.22 bits per heavy atom. The molecule has 0 heterocycles. The zero-order chi connectivity index (χ0) is 13.6. The van der Waals surface area contributed by atoms with Gasteiger partial charge in [0.25, 0.3) is 0 Å². The normalized spacial score (nSPS) is 14.5. The highest BCUT2D eigenvalue weighted by atomic mass is 79.9. The van der Waals surface area contributed by atoms with Gasteiger partial charge in [-0.15, -0.1) is 0 Å². The summed E-state index contributed by atoms with van der Waals surface area (Å²) in [5, 5.41) is 12.3. The van der Waals surface area contributed by atoms with Gasteiger partial charge in [-0.2, -0.15) is 0 Å². The highest BCUT2D eigenvalue weighted by molar-refractivity contribution is 9.10. The quantitative estimate of drug-likeness (QED) is 0.811. The van der Waals surface area contributed by atoms with Crippen molar-refractivity contribution in [2.75, 3.05) is 20.3 Å². The van der Waals surface area contributed by atoms with Gasteiger partial charge in [-0.05, 0) is 47.0 Å². The van der Waals surface area contributed by atoms with E-state index < -0.39 is 0 Å². The van der Waals surface area contributed by atoms with Crippen molar-refractivity contribution in [3.8, 4) is 0 Å². The van der Waals surface area contributed by atoms with Crippen LogP contribution in [0.25, 0.3) is 0 Å². The molecule has 1 aromatic carbocycles. The van der Waals surface area contributed by atoms with Crippen LogP contribution in [0.15, 0.2) is 22.7 Å². The number of aliphatic hydroxyl groups is 1. The maximum atomic E-state index is 13.4. The van der Waals surface area contributed by atoms with Crippen LogP contribution < -0.4 is 5.32 Å². The fourth-order valence-electron chi connectivity index (χ4n) is 1.74. The van der Waals surface area contributed by atoms with Gasteiger partial charge < -0.3 is 15.2 Å². The molecular formula is C13H19BrFNO2. The van der Waals surface area contributed by atoms with Gasteiger partial charge in [-0.1, -0.05) is 6.07 Å². The molecule has 0 aliphatic heterocycles. The van der Waals surface area contributed by atoms with E-state index in [2.05, 4.69) is 21.2 Å². The monoisotopic (exact) mass is 319 g/mol. The van der Waals surface area contributed by atoms with Gasteiger partial charge in [0.05, 0.1) is 11.1 Å². The van der Waals surface area contributed by atoms with Crippen LogP contribution in [-0.4, -0.2) is 31.0 Å². The molecule has 0 aliphatic rings. The number of hydrogen-bond donors (Lipinski definition) is 2. The van der Waals surface area contributed by atoms with E-state index in [1.54, 1.807) is 13.2 Å². The molecule has 0 aromatic heterocycles. The summed E-state index contributed by atoms with van der Waals surface area (Å²) in [4.78, 5) is 0. The summed E-state index contributed by atoms with van der Waals surface area (Å²) in [7, 11) is 1.62. The Morgan fingerprint density at radius 1 is 1.50 bits per heavy atom. The van der Waals surface area contributed by atoms with Crippen LogP contribution in [0.2, 0.25) is 0 Å². The molecule has 5 heteroatoms. The predicted octanol–water partition coefficient (Wildman–Crippen LogP) is 2.47. The van der Waals surface area contributed by atoms with Crippen molar-refractivity contribution in [3.63, 3.8) is 0 Å². The van der Waals surface area contributed by atoms with Gasteiger partial charge in [0.2, 0.25) is 0 Å². The van der Waals surface area contributed by atoms with E-state index in [9.17, 15) is 4.39 Å². The molecule has 102 valence electrons. The van der Waals surface area contributed by atoms with E-state index in [1.807, 2.05) is 13.0 Å². The maximum absolute atomic E-state index is 13.4. The molecule has 0 fully saturated rings. The van der Waals surface area contributed by atoms with Crippen molar-refractivity contribution in [3.05, 3.63) is 34.1 Å². The second-order valence-corrected chi connectivity index (χ2v) is 5.42. The number of hydrogen-bond acceptors (Lipinski definition) is 3. The Morgan fingerprint density at radius 3 is 2.78 bits per heavy atom. The number of rotatable bonds is 7. The number of ether oxygens (including phenoxy) is 1. The largest absolute Gasteiger partial charge is 0.396 e. The number of halogens is 2. The van der Waals surface area contributed by atoms with E-state index >= 15 is 0 Å². The van der Waals surface area contributed by atoms with Crippen molar-refractivity contribution in [1.29, 1.82) is 0 Å². The number of nitrogens with one attached hydrogen (secondary N) is 1. The van der Waals surface area contributed by atoms with Gasteiger partial charge in [0.1, 0.15) is 5.82 Å². The molecule has 0 saturated heterocycles. The van der Waals surface area contributed by atoms with Crippen molar-refractivity contribution in [2.24, 2.45) is 0 Å². The molecule has 2 N–H and O–H groups in total. The summed E-state index contributed by atoms with van der Waals surface area (Å²) in [5.41, 5.74) is 0.545. The Kier molecular flexibility index (Phi) is 6.21. The Bertz CT molecular complexity index is 381. The van der Waals surface area contributed by atoms with Crippen LogP contribution in [0.5, 0.6) is 0 Å². The van der Waals surface area contributed by atoms with Crippen LogP contribution >= 0.6 is 15.9 Å². The smallest absolute Gasteiger partial charge is 0.137 e. The van der Waals surface area contributed by atoms with E-state index in [0.29, 0.717) is 24.0 Å². The van der Waals surface area contributed by atoms with Gasteiger partial charge in [-0.3, -0.25) is 0 Å². The first-order chi connectivity index (χ1) is 8.50. The third kappa shape index (κ3) is 4.65. The lowest BCUT2D eigenvalue weighted by Gasteiger charge is -2.29. The maximum Gasteiger partial charge on any atom is 0.137 e. The SMILES string of the molecule is COCC(C)(CCO)NCc1ccc(Br)c(F)c1. The first-order valence-corrected chi connectivity index (χ1v) is 6.59. The Balaban J connectivity index is 2.63. The van der Waals surface area contributed by atoms with Gasteiger partial charge in [-0.25, -0.2) is 4.39 Å². The molecule has 1 aromatic rings. The summed E-state index contributed by atoms with van der Waals surface area (Å²) in [6.07, 6.45) is 0.583. The van der Waals surface area contributed by atoms with Crippen LogP contribution in [0, 0.1) is 5.82 Å². The zero-order valence-corrected chi connectivity index (χ0v) is 12.3. The molecule has 0 spiro atoms. The molecule has 1 atom stereocenters. The van der Waals surface area contributed by atoms with Crippen LogP contribution in [0.3, 0.4) is 0 Å². The van der Waals surface area contributed by atoms with E-state index in [1.165, 1.54) is 6.07 Å². The van der Waals surface area contributed by atoms with Crippen LogP contribution in [-0.2, 0) is 11.3 Å². The third-order valence-electron chi connectivity index (χ3n) is 2.83. The minimum Gasteiger partial charge on any atom is -0.396 e. The fourth-order valence-corrected chi connectivity index (χ4v) is 1.99. The molecule has 0 saturated carbocycles. The summed E-state index contributed by atoms with van der Waals surface area (Å²) < 4.78 is 19.0. The van der Waals surface area contributed by atoms with Crippen molar-refractivity contribution < 1.29 is 14.2 Å². The zero-order valence-electron chi connectivity index (χ0n) is 10.7. The molecule has 3 nitrogen and oxygen atoms in total. The second-order valence-electron chi connectivity index (χ2n) is 4.57. The average Bonchev–Trinajstić information content (AvgIpc) is 2.32. The lowest BCUT2D eigenvalue weighted by atomic mass is 9.99. The summed E-state index contributed by atoms with van der Waals surface area (Å²) >= 11 is 3.12. The molecular weight excluding hydrogens is 301 g/mol. The first kappa shape index (κ1) is 15.6. The van der Waals surface area contributed by atoms with E-state index in [-0.39, 0.29) is 18.0 Å². The predicted molar refractivity (Wildman–Crippen MR) is 72.9 cm³/mol. The number of benzene rings is 1. The molecule has 0 radical (unpaired) electrons. The molecule has 1 rings (SSSR count). The lowest BCUT2D eigenvalue weighted by molar-refractivity contribution is 0.0969. The summed E-state index contributed by atoms with van der Waals surface area (Å²) in [5.74, 6) is -0.273. The molecule has 1 unspecified atom stereocenters. The molecule has 0 amide bonds. The molecule has 0 aliphatic carbocycles. The van der Waals surface area contributed by atoms with Crippen LogP contribution in [0.1, 0.15) is 18.9 Å². The molecule has 0 bridgehead atoms. The van der Waals surface area contributed by atoms with E-state index in [0.717, 1.165) is 5.56 Å². The van der Waals surface area contributed by atoms with Gasteiger partial charge in [0, 0.05) is 25.8 Å². The first-order valence-electron chi connectivity index (χ1n) is 5.79.